The molecule has 0 N–H and O–H groups in total. The number of hydrogen-bond acceptors (Lipinski definition) is 4. The number of carbonyl (C=O) groups excluding carboxylic acids is 1. The first-order valence-corrected chi connectivity index (χ1v) is 8.47. The van der Waals surface area contributed by atoms with Crippen molar-refractivity contribution in [3.63, 3.8) is 0 Å². The van der Waals surface area contributed by atoms with Crippen LogP contribution >= 0.6 is 11.6 Å². The zero-order chi connectivity index (χ0) is 18.4. The number of hydrogen-bond donors (Lipinski definition) is 0. The van der Waals surface area contributed by atoms with E-state index in [0.717, 1.165) is 23.1 Å². The average molecular weight is 365 g/mol. The summed E-state index contributed by atoms with van der Waals surface area (Å²) in [5.74, 6) is 0.519. The zero-order valence-corrected chi connectivity index (χ0v) is 15.0. The fourth-order valence-corrected chi connectivity index (χ4v) is 2.63. The molecule has 0 saturated heterocycles. The number of benzene rings is 3. The average Bonchev–Trinajstić information content (AvgIpc) is 2.67. The monoisotopic (exact) mass is 364 g/mol. The van der Waals surface area contributed by atoms with E-state index in [-0.39, 0.29) is 0 Å². The van der Waals surface area contributed by atoms with Gasteiger partial charge < -0.3 is 4.74 Å². The van der Waals surface area contributed by atoms with E-state index < -0.39 is 0 Å². The first-order valence-electron chi connectivity index (χ1n) is 8.09. The quantitative estimate of drug-likeness (QED) is 0.372. The normalized spacial score (nSPS) is 10.8. The van der Waals surface area contributed by atoms with Crippen molar-refractivity contribution in [1.29, 1.82) is 0 Å². The maximum atomic E-state index is 11.4. The molecule has 0 bridgehead atoms. The van der Waals surface area contributed by atoms with E-state index in [2.05, 4.69) is 10.2 Å². The number of azo groups is 1. The Kier molecular flexibility index (Phi) is 5.77. The van der Waals surface area contributed by atoms with Crippen molar-refractivity contribution in [3.05, 3.63) is 88.4 Å². The number of aldehydes is 1. The highest BCUT2D eigenvalue weighted by atomic mass is 35.5. The topological polar surface area (TPSA) is 51.0 Å². The van der Waals surface area contributed by atoms with Gasteiger partial charge >= 0.3 is 0 Å². The second kappa shape index (κ2) is 8.41. The van der Waals surface area contributed by atoms with Gasteiger partial charge in [0, 0.05) is 5.02 Å². The Balaban J connectivity index is 1.75. The molecule has 5 heteroatoms. The van der Waals surface area contributed by atoms with Crippen molar-refractivity contribution in [2.75, 3.05) is 0 Å². The minimum Gasteiger partial charge on any atom is -0.488 e. The lowest BCUT2D eigenvalue weighted by Crippen LogP contribution is -1.97. The third kappa shape index (κ3) is 4.55. The van der Waals surface area contributed by atoms with Crippen LogP contribution in [0.5, 0.6) is 5.75 Å². The van der Waals surface area contributed by atoms with Gasteiger partial charge in [0.2, 0.25) is 0 Å². The molecule has 3 rings (SSSR count). The van der Waals surface area contributed by atoms with Crippen LogP contribution in [0.4, 0.5) is 11.4 Å². The maximum absolute atomic E-state index is 11.4. The second-order valence-electron chi connectivity index (χ2n) is 5.75. The molecule has 0 amide bonds. The Hall–Kier alpha value is -2.98. The number of aryl methyl sites for hydroxylation is 1. The van der Waals surface area contributed by atoms with Crippen molar-refractivity contribution in [1.82, 2.24) is 0 Å². The van der Waals surface area contributed by atoms with E-state index in [1.807, 2.05) is 43.3 Å². The smallest absolute Gasteiger partial charge is 0.153 e. The zero-order valence-electron chi connectivity index (χ0n) is 14.2. The predicted octanol–water partition coefficient (Wildman–Crippen LogP) is 6.46. The highest BCUT2D eigenvalue weighted by Gasteiger charge is 2.05. The van der Waals surface area contributed by atoms with E-state index in [4.69, 9.17) is 16.3 Å². The van der Waals surface area contributed by atoms with Gasteiger partial charge in [-0.25, -0.2) is 0 Å². The Labute approximate surface area is 157 Å². The lowest BCUT2D eigenvalue weighted by Gasteiger charge is -2.09. The van der Waals surface area contributed by atoms with Gasteiger partial charge in [0.05, 0.1) is 16.9 Å². The highest BCUT2D eigenvalue weighted by Crippen LogP contribution is 2.27. The van der Waals surface area contributed by atoms with Crippen LogP contribution in [-0.2, 0) is 6.61 Å². The molecule has 0 aliphatic heterocycles. The first kappa shape index (κ1) is 17.8. The standard InChI is InChI=1S/C21H17ClN2O2/c1-15-11-18(22)7-9-20(15)24-23-19-8-10-21(17(12-19)13-25)26-14-16-5-3-2-4-6-16/h2-13H,14H2,1H3. The molecule has 0 aliphatic rings. The molecule has 130 valence electrons. The molecule has 0 aliphatic carbocycles. The van der Waals surface area contributed by atoms with Gasteiger partial charge in [-0.15, -0.1) is 0 Å². The van der Waals surface area contributed by atoms with Gasteiger partial charge in [0.25, 0.3) is 0 Å². The van der Waals surface area contributed by atoms with Gasteiger partial charge in [-0.2, -0.15) is 10.2 Å². The second-order valence-corrected chi connectivity index (χ2v) is 6.18. The summed E-state index contributed by atoms with van der Waals surface area (Å²) in [7, 11) is 0. The van der Waals surface area contributed by atoms with Crippen molar-refractivity contribution >= 4 is 29.3 Å². The molecule has 0 heterocycles. The molecule has 26 heavy (non-hydrogen) atoms. The molecule has 0 spiro atoms. The third-order valence-electron chi connectivity index (χ3n) is 3.79. The summed E-state index contributed by atoms with van der Waals surface area (Å²) in [4.78, 5) is 11.4. The van der Waals surface area contributed by atoms with Gasteiger partial charge in [-0.05, 0) is 54.4 Å². The summed E-state index contributed by atoms with van der Waals surface area (Å²) < 4.78 is 5.75. The van der Waals surface area contributed by atoms with Crippen LogP contribution < -0.4 is 4.74 Å². The minimum absolute atomic E-state index is 0.395. The van der Waals surface area contributed by atoms with E-state index in [1.165, 1.54) is 0 Å². The van der Waals surface area contributed by atoms with Gasteiger partial charge in [0.1, 0.15) is 12.4 Å². The molecule has 3 aromatic carbocycles. The van der Waals surface area contributed by atoms with Crippen LogP contribution in [0.3, 0.4) is 0 Å². The summed E-state index contributed by atoms with van der Waals surface area (Å²) in [6.07, 6.45) is 0.757. The molecule has 4 nitrogen and oxygen atoms in total. The Morgan fingerprint density at radius 3 is 2.54 bits per heavy atom. The first-order chi connectivity index (χ1) is 12.7. The SMILES string of the molecule is Cc1cc(Cl)ccc1N=Nc1ccc(OCc2ccccc2)c(C=O)c1. The van der Waals surface area contributed by atoms with Crippen molar-refractivity contribution in [2.45, 2.75) is 13.5 Å². The van der Waals surface area contributed by atoms with Crippen LogP contribution in [0.1, 0.15) is 21.5 Å². The molecule has 0 unspecified atom stereocenters. The van der Waals surface area contributed by atoms with Gasteiger partial charge in [0.15, 0.2) is 6.29 Å². The lowest BCUT2D eigenvalue weighted by atomic mass is 10.2. The fourth-order valence-electron chi connectivity index (χ4n) is 2.40. The lowest BCUT2D eigenvalue weighted by molar-refractivity contribution is 0.111. The maximum Gasteiger partial charge on any atom is 0.153 e. The fraction of sp³-hybridized carbons (Fsp3) is 0.0952. The number of rotatable bonds is 6. The third-order valence-corrected chi connectivity index (χ3v) is 4.02. The van der Waals surface area contributed by atoms with Crippen LogP contribution in [-0.4, -0.2) is 6.29 Å². The Morgan fingerprint density at radius 2 is 1.81 bits per heavy atom. The summed E-state index contributed by atoms with van der Waals surface area (Å²) in [5.41, 5.74) is 3.70. The molecule has 0 saturated carbocycles. The van der Waals surface area contributed by atoms with E-state index in [0.29, 0.717) is 28.6 Å². The Bertz CT molecular complexity index is 940. The summed E-state index contributed by atoms with van der Waals surface area (Å²) in [6, 6.07) is 20.3. The summed E-state index contributed by atoms with van der Waals surface area (Å²) >= 11 is 5.94. The molecule has 0 atom stereocenters. The summed E-state index contributed by atoms with van der Waals surface area (Å²) in [6.45, 7) is 2.31. The van der Waals surface area contributed by atoms with E-state index >= 15 is 0 Å². The number of carbonyl (C=O) groups is 1. The molecule has 0 fully saturated rings. The van der Waals surface area contributed by atoms with Gasteiger partial charge in [-0.1, -0.05) is 41.9 Å². The number of ether oxygens (including phenoxy) is 1. The van der Waals surface area contributed by atoms with Crippen molar-refractivity contribution in [3.8, 4) is 5.75 Å². The molecule has 0 aromatic heterocycles. The Morgan fingerprint density at radius 1 is 1.00 bits per heavy atom. The van der Waals surface area contributed by atoms with E-state index in [9.17, 15) is 4.79 Å². The summed E-state index contributed by atoms with van der Waals surface area (Å²) in [5, 5.41) is 9.08. The largest absolute Gasteiger partial charge is 0.488 e. The number of halogens is 1. The van der Waals surface area contributed by atoms with Crippen LogP contribution in [0.2, 0.25) is 5.02 Å². The highest BCUT2D eigenvalue weighted by molar-refractivity contribution is 6.30. The van der Waals surface area contributed by atoms with E-state index in [1.54, 1.807) is 30.3 Å². The molecule has 3 aromatic rings. The number of nitrogens with zero attached hydrogens (tertiary/aromatic N) is 2. The van der Waals surface area contributed by atoms with Crippen molar-refractivity contribution in [2.24, 2.45) is 10.2 Å². The predicted molar refractivity (Wildman–Crippen MR) is 103 cm³/mol. The van der Waals surface area contributed by atoms with Crippen molar-refractivity contribution < 1.29 is 9.53 Å². The van der Waals surface area contributed by atoms with Gasteiger partial charge in [-0.3, -0.25) is 4.79 Å². The molecular formula is C21H17ClN2O2. The molecular weight excluding hydrogens is 348 g/mol. The minimum atomic E-state index is 0.395. The van der Waals surface area contributed by atoms with Crippen LogP contribution in [0, 0.1) is 6.92 Å². The van der Waals surface area contributed by atoms with Crippen LogP contribution in [0.25, 0.3) is 0 Å². The van der Waals surface area contributed by atoms with Crippen LogP contribution in [0.15, 0.2) is 77.0 Å². The molecule has 0 radical (unpaired) electrons.